The number of rotatable bonds is 2. The lowest BCUT2D eigenvalue weighted by molar-refractivity contribution is 0.227. The average Bonchev–Trinajstić information content (AvgIpc) is 1.69. The molecule has 0 bridgehead atoms. The number of methoxy groups -OCH3 is 1. The second kappa shape index (κ2) is 5.52. The van der Waals surface area contributed by atoms with Gasteiger partial charge < -0.3 is 4.74 Å². The SMILES string of the molecule is CC#C[CH]COC. The summed E-state index contributed by atoms with van der Waals surface area (Å²) < 4.78 is 4.69. The fraction of sp³-hybridized carbons (Fsp3) is 0.500. The molecule has 0 fully saturated rings. The third kappa shape index (κ3) is 5.52. The molecule has 0 saturated heterocycles. The summed E-state index contributed by atoms with van der Waals surface area (Å²) in [5.74, 6) is 5.47. The van der Waals surface area contributed by atoms with Gasteiger partial charge in [0.05, 0.1) is 13.0 Å². The van der Waals surface area contributed by atoms with Crippen molar-refractivity contribution < 1.29 is 4.74 Å². The predicted molar refractivity (Wildman–Crippen MR) is 29.6 cm³/mol. The molecule has 0 aromatic carbocycles. The van der Waals surface area contributed by atoms with Gasteiger partial charge in [-0.1, -0.05) is 5.92 Å². The van der Waals surface area contributed by atoms with Crippen molar-refractivity contribution in [3.05, 3.63) is 6.42 Å². The molecule has 0 atom stereocenters. The van der Waals surface area contributed by atoms with E-state index in [1.165, 1.54) is 0 Å². The molecule has 0 aliphatic heterocycles. The lowest BCUT2D eigenvalue weighted by Crippen LogP contribution is -1.84. The third-order valence-electron chi connectivity index (χ3n) is 0.496. The van der Waals surface area contributed by atoms with Crippen molar-refractivity contribution in [2.24, 2.45) is 0 Å². The zero-order chi connectivity index (χ0) is 5.54. The van der Waals surface area contributed by atoms with Gasteiger partial charge in [-0.2, -0.15) is 0 Å². The Hall–Kier alpha value is -0.480. The Labute approximate surface area is 44.7 Å². The van der Waals surface area contributed by atoms with Gasteiger partial charge in [0.15, 0.2) is 0 Å². The molecule has 0 heterocycles. The minimum atomic E-state index is 0.626. The lowest BCUT2D eigenvalue weighted by atomic mass is 10.4. The Balaban J connectivity index is 2.78. The van der Waals surface area contributed by atoms with Gasteiger partial charge in [0.25, 0.3) is 0 Å². The summed E-state index contributed by atoms with van der Waals surface area (Å²) in [6.07, 6.45) is 1.78. The zero-order valence-corrected chi connectivity index (χ0v) is 4.69. The minimum Gasteiger partial charge on any atom is -0.383 e. The molecule has 0 aromatic heterocycles. The van der Waals surface area contributed by atoms with Crippen LogP contribution >= 0.6 is 0 Å². The van der Waals surface area contributed by atoms with Gasteiger partial charge in [-0.05, 0) is 6.92 Å². The first-order valence-corrected chi connectivity index (χ1v) is 2.14. The van der Waals surface area contributed by atoms with Crippen molar-refractivity contribution in [1.29, 1.82) is 0 Å². The molecule has 39 valence electrons. The van der Waals surface area contributed by atoms with Crippen LogP contribution < -0.4 is 0 Å². The van der Waals surface area contributed by atoms with Crippen LogP contribution in [0.4, 0.5) is 0 Å². The highest BCUT2D eigenvalue weighted by Crippen LogP contribution is 1.71. The Morgan fingerprint density at radius 2 is 2.43 bits per heavy atom. The van der Waals surface area contributed by atoms with Gasteiger partial charge in [0.2, 0.25) is 0 Å². The summed E-state index contributed by atoms with van der Waals surface area (Å²) in [6, 6.07) is 0. The molecular weight excluding hydrogens is 88.1 g/mol. The standard InChI is InChI=1S/C6H9O/c1-3-4-5-6-7-2/h5H,6H2,1-2H3. The monoisotopic (exact) mass is 97.1 g/mol. The van der Waals surface area contributed by atoms with Crippen LogP contribution in [0, 0.1) is 18.3 Å². The first-order valence-electron chi connectivity index (χ1n) is 2.14. The number of ether oxygens (including phenoxy) is 1. The molecule has 0 spiro atoms. The van der Waals surface area contributed by atoms with Gasteiger partial charge in [0.1, 0.15) is 0 Å². The first-order chi connectivity index (χ1) is 3.41. The summed E-state index contributed by atoms with van der Waals surface area (Å²) >= 11 is 0. The highest BCUT2D eigenvalue weighted by atomic mass is 16.5. The highest BCUT2D eigenvalue weighted by Gasteiger charge is 1.72. The van der Waals surface area contributed by atoms with Crippen molar-refractivity contribution in [2.45, 2.75) is 6.92 Å². The molecule has 0 aromatic rings. The molecule has 0 amide bonds. The van der Waals surface area contributed by atoms with Crippen LogP contribution in [0.2, 0.25) is 0 Å². The molecule has 1 nitrogen and oxygen atoms in total. The van der Waals surface area contributed by atoms with Crippen molar-refractivity contribution in [2.75, 3.05) is 13.7 Å². The smallest absolute Gasteiger partial charge is 0.0613 e. The van der Waals surface area contributed by atoms with Gasteiger partial charge >= 0.3 is 0 Å². The van der Waals surface area contributed by atoms with E-state index in [9.17, 15) is 0 Å². The van der Waals surface area contributed by atoms with E-state index in [2.05, 4.69) is 16.6 Å². The number of hydrogen-bond donors (Lipinski definition) is 0. The summed E-state index contributed by atoms with van der Waals surface area (Å²) in [5.41, 5.74) is 0. The number of hydrogen-bond acceptors (Lipinski definition) is 1. The first kappa shape index (κ1) is 6.52. The molecule has 0 aliphatic rings. The van der Waals surface area contributed by atoms with Crippen molar-refractivity contribution in [3.63, 3.8) is 0 Å². The third-order valence-corrected chi connectivity index (χ3v) is 0.496. The van der Waals surface area contributed by atoms with E-state index in [-0.39, 0.29) is 0 Å². The van der Waals surface area contributed by atoms with Gasteiger partial charge in [-0.3, -0.25) is 0 Å². The Kier molecular flexibility index (Phi) is 5.14. The second-order valence-electron chi connectivity index (χ2n) is 1.05. The summed E-state index contributed by atoms with van der Waals surface area (Å²) in [6.45, 7) is 2.42. The Morgan fingerprint density at radius 3 is 2.86 bits per heavy atom. The van der Waals surface area contributed by atoms with Crippen LogP contribution in [0.1, 0.15) is 6.92 Å². The Morgan fingerprint density at radius 1 is 1.71 bits per heavy atom. The summed E-state index contributed by atoms with van der Waals surface area (Å²) in [5, 5.41) is 0. The fourth-order valence-corrected chi connectivity index (χ4v) is 0.227. The van der Waals surface area contributed by atoms with Gasteiger partial charge in [-0.25, -0.2) is 0 Å². The average molecular weight is 97.1 g/mol. The largest absolute Gasteiger partial charge is 0.383 e. The maximum Gasteiger partial charge on any atom is 0.0613 e. The van der Waals surface area contributed by atoms with E-state index < -0.39 is 0 Å². The molecule has 0 aliphatic carbocycles. The van der Waals surface area contributed by atoms with Crippen molar-refractivity contribution in [3.8, 4) is 11.8 Å². The molecule has 0 unspecified atom stereocenters. The molecule has 0 saturated carbocycles. The summed E-state index contributed by atoms with van der Waals surface area (Å²) in [4.78, 5) is 0. The molecule has 1 radical (unpaired) electrons. The molecule has 0 rings (SSSR count). The summed E-state index contributed by atoms with van der Waals surface area (Å²) in [7, 11) is 1.65. The van der Waals surface area contributed by atoms with Crippen LogP contribution in [0.25, 0.3) is 0 Å². The van der Waals surface area contributed by atoms with Gasteiger partial charge in [0, 0.05) is 7.11 Å². The zero-order valence-electron chi connectivity index (χ0n) is 4.69. The van der Waals surface area contributed by atoms with E-state index in [4.69, 9.17) is 0 Å². The quantitative estimate of drug-likeness (QED) is 0.367. The maximum absolute atomic E-state index is 4.69. The molecule has 0 N–H and O–H groups in total. The fourth-order valence-electron chi connectivity index (χ4n) is 0.227. The maximum atomic E-state index is 4.69. The Bertz CT molecular complexity index is 75.9. The van der Waals surface area contributed by atoms with Crippen LogP contribution in [0.15, 0.2) is 0 Å². The van der Waals surface area contributed by atoms with Gasteiger partial charge in [-0.15, -0.1) is 5.92 Å². The normalized spacial score (nSPS) is 7.14. The molecular formula is C6H9O. The van der Waals surface area contributed by atoms with Crippen LogP contribution in [0.5, 0.6) is 0 Å². The predicted octanol–water partition coefficient (Wildman–Crippen LogP) is 0.860. The van der Waals surface area contributed by atoms with E-state index in [1.807, 2.05) is 0 Å². The van der Waals surface area contributed by atoms with Crippen molar-refractivity contribution >= 4 is 0 Å². The highest BCUT2D eigenvalue weighted by molar-refractivity contribution is 5.07. The van der Waals surface area contributed by atoms with E-state index in [0.717, 1.165) is 0 Å². The second-order valence-corrected chi connectivity index (χ2v) is 1.05. The molecule has 7 heavy (non-hydrogen) atoms. The van der Waals surface area contributed by atoms with Crippen LogP contribution in [0.3, 0.4) is 0 Å². The van der Waals surface area contributed by atoms with E-state index >= 15 is 0 Å². The van der Waals surface area contributed by atoms with Crippen LogP contribution in [-0.4, -0.2) is 13.7 Å². The van der Waals surface area contributed by atoms with Crippen molar-refractivity contribution in [1.82, 2.24) is 0 Å². The lowest BCUT2D eigenvalue weighted by Gasteiger charge is -1.84. The minimum absolute atomic E-state index is 0.626. The topological polar surface area (TPSA) is 9.23 Å². The van der Waals surface area contributed by atoms with E-state index in [1.54, 1.807) is 20.5 Å². The molecule has 1 heteroatoms. The van der Waals surface area contributed by atoms with E-state index in [0.29, 0.717) is 6.61 Å². The van der Waals surface area contributed by atoms with Crippen LogP contribution in [-0.2, 0) is 4.74 Å².